The van der Waals surface area contributed by atoms with E-state index in [1.807, 2.05) is 30.0 Å². The predicted octanol–water partition coefficient (Wildman–Crippen LogP) is 6.16. The van der Waals surface area contributed by atoms with E-state index in [1.165, 1.54) is 51.4 Å². The molecule has 2 N–H and O–H groups in total. The molecule has 108 valence electrons. The van der Waals surface area contributed by atoms with E-state index in [-0.39, 0.29) is 0 Å². The Kier molecular flexibility index (Phi) is 9.19. The van der Waals surface area contributed by atoms with Crippen LogP contribution in [0.3, 0.4) is 0 Å². The molecule has 1 aromatic carbocycles. The fraction of sp³-hybridized carbons (Fsp3) is 0.625. The van der Waals surface area contributed by atoms with Crippen molar-refractivity contribution >= 4 is 29.1 Å². The first-order valence-corrected chi connectivity index (χ1v) is 8.78. The van der Waals surface area contributed by atoms with Crippen molar-refractivity contribution in [1.82, 2.24) is 0 Å². The molecule has 1 aromatic rings. The summed E-state index contributed by atoms with van der Waals surface area (Å²) in [5.74, 6) is 1.14. The number of nitrogen functional groups attached to an aromatic ring is 1. The third-order valence-corrected chi connectivity index (χ3v) is 4.62. The van der Waals surface area contributed by atoms with Gasteiger partial charge in [-0.05, 0) is 30.4 Å². The lowest BCUT2D eigenvalue weighted by atomic mass is 10.1. The first-order chi connectivity index (χ1) is 9.24. The van der Waals surface area contributed by atoms with Crippen LogP contribution in [0.5, 0.6) is 0 Å². The van der Waals surface area contributed by atoms with Gasteiger partial charge in [0.2, 0.25) is 0 Å². The zero-order valence-corrected chi connectivity index (χ0v) is 13.5. The monoisotopic (exact) mass is 299 g/mol. The van der Waals surface area contributed by atoms with Crippen molar-refractivity contribution in [3.63, 3.8) is 0 Å². The molecule has 0 aliphatic heterocycles. The molecule has 0 amide bonds. The summed E-state index contributed by atoms with van der Waals surface area (Å²) in [7, 11) is 0. The van der Waals surface area contributed by atoms with E-state index >= 15 is 0 Å². The highest BCUT2D eigenvalue weighted by Crippen LogP contribution is 2.28. The second-order valence-corrected chi connectivity index (χ2v) is 6.58. The Morgan fingerprint density at radius 1 is 1.00 bits per heavy atom. The highest BCUT2D eigenvalue weighted by Gasteiger charge is 2.01. The fourth-order valence-electron chi connectivity index (χ4n) is 2.05. The number of hydrogen-bond donors (Lipinski definition) is 1. The average Bonchev–Trinajstić information content (AvgIpc) is 2.40. The summed E-state index contributed by atoms with van der Waals surface area (Å²) in [5.41, 5.74) is 6.76. The van der Waals surface area contributed by atoms with Crippen molar-refractivity contribution in [2.45, 2.75) is 63.2 Å². The highest BCUT2D eigenvalue weighted by atomic mass is 35.5. The Bertz CT molecular complexity index is 355. The van der Waals surface area contributed by atoms with Crippen LogP contribution in [0.1, 0.15) is 58.3 Å². The number of hydrogen-bond acceptors (Lipinski definition) is 2. The van der Waals surface area contributed by atoms with Crippen molar-refractivity contribution in [2.24, 2.45) is 0 Å². The van der Waals surface area contributed by atoms with E-state index in [0.717, 1.165) is 21.4 Å². The molecule has 0 spiro atoms. The van der Waals surface area contributed by atoms with E-state index < -0.39 is 0 Å². The lowest BCUT2D eigenvalue weighted by Crippen LogP contribution is -1.89. The summed E-state index contributed by atoms with van der Waals surface area (Å²) in [6, 6.07) is 5.70. The number of anilines is 1. The Labute approximate surface area is 127 Å². The summed E-state index contributed by atoms with van der Waals surface area (Å²) >= 11 is 7.79. The minimum Gasteiger partial charge on any atom is -0.398 e. The van der Waals surface area contributed by atoms with Gasteiger partial charge in [0.05, 0.1) is 0 Å². The molecule has 0 radical (unpaired) electrons. The number of benzene rings is 1. The average molecular weight is 300 g/mol. The molecule has 0 heterocycles. The van der Waals surface area contributed by atoms with Crippen LogP contribution in [-0.4, -0.2) is 5.75 Å². The molecule has 1 nitrogen and oxygen atoms in total. The van der Waals surface area contributed by atoms with Crippen LogP contribution in [0, 0.1) is 0 Å². The third kappa shape index (κ3) is 7.74. The summed E-state index contributed by atoms with van der Waals surface area (Å²) in [6.45, 7) is 2.26. The maximum atomic E-state index is 5.97. The standard InChI is InChI=1S/C16H26ClNS/c1-2-3-4-5-6-7-8-9-12-19-16-13-14(17)10-11-15(16)18/h10-11,13H,2-9,12,18H2,1H3. The first kappa shape index (κ1) is 16.7. The molecule has 19 heavy (non-hydrogen) atoms. The quantitative estimate of drug-likeness (QED) is 0.318. The molecule has 0 saturated carbocycles. The van der Waals surface area contributed by atoms with Gasteiger partial charge >= 0.3 is 0 Å². The molecule has 1 rings (SSSR count). The number of thioether (sulfide) groups is 1. The number of halogens is 1. The molecule has 0 aromatic heterocycles. The second-order valence-electron chi connectivity index (χ2n) is 5.01. The second kappa shape index (κ2) is 10.4. The molecule has 0 aliphatic rings. The topological polar surface area (TPSA) is 26.0 Å². The Hall–Kier alpha value is -0.340. The van der Waals surface area contributed by atoms with Gasteiger partial charge in [-0.1, -0.05) is 63.5 Å². The summed E-state index contributed by atoms with van der Waals surface area (Å²) in [6.07, 6.45) is 10.9. The normalized spacial score (nSPS) is 10.8. The highest BCUT2D eigenvalue weighted by molar-refractivity contribution is 7.99. The van der Waals surface area contributed by atoms with Crippen LogP contribution in [0.25, 0.3) is 0 Å². The van der Waals surface area contributed by atoms with Crippen LogP contribution in [0.2, 0.25) is 5.02 Å². The van der Waals surface area contributed by atoms with Gasteiger partial charge in [-0.2, -0.15) is 0 Å². The van der Waals surface area contributed by atoms with Crippen molar-refractivity contribution in [3.05, 3.63) is 23.2 Å². The van der Waals surface area contributed by atoms with Crippen LogP contribution in [0.15, 0.2) is 23.1 Å². The van der Waals surface area contributed by atoms with Gasteiger partial charge in [0.1, 0.15) is 0 Å². The number of nitrogens with two attached hydrogens (primary N) is 1. The van der Waals surface area contributed by atoms with Crippen LogP contribution < -0.4 is 5.73 Å². The lowest BCUT2D eigenvalue weighted by Gasteiger charge is -2.06. The predicted molar refractivity (Wildman–Crippen MR) is 89.2 cm³/mol. The molecule has 0 unspecified atom stereocenters. The van der Waals surface area contributed by atoms with E-state index in [4.69, 9.17) is 17.3 Å². The maximum absolute atomic E-state index is 5.97. The minimum atomic E-state index is 0.771. The van der Waals surface area contributed by atoms with Crippen molar-refractivity contribution < 1.29 is 0 Å². The zero-order chi connectivity index (χ0) is 13.9. The van der Waals surface area contributed by atoms with Gasteiger partial charge in [0, 0.05) is 15.6 Å². The molecule has 0 fully saturated rings. The Morgan fingerprint density at radius 3 is 2.32 bits per heavy atom. The van der Waals surface area contributed by atoms with E-state index in [2.05, 4.69) is 6.92 Å². The molecule has 0 bridgehead atoms. The van der Waals surface area contributed by atoms with Crippen molar-refractivity contribution in [1.29, 1.82) is 0 Å². The molecule has 3 heteroatoms. The molecular weight excluding hydrogens is 274 g/mol. The third-order valence-electron chi connectivity index (χ3n) is 3.23. The minimum absolute atomic E-state index is 0.771. The van der Waals surface area contributed by atoms with Gasteiger partial charge < -0.3 is 5.73 Å². The Morgan fingerprint density at radius 2 is 1.63 bits per heavy atom. The van der Waals surface area contributed by atoms with E-state index in [0.29, 0.717) is 0 Å². The zero-order valence-electron chi connectivity index (χ0n) is 12.0. The smallest absolute Gasteiger partial charge is 0.0453 e. The number of rotatable bonds is 10. The molecule has 0 saturated heterocycles. The maximum Gasteiger partial charge on any atom is 0.0453 e. The van der Waals surface area contributed by atoms with Crippen LogP contribution in [-0.2, 0) is 0 Å². The van der Waals surface area contributed by atoms with Crippen LogP contribution in [0.4, 0.5) is 5.69 Å². The number of unbranched alkanes of at least 4 members (excludes halogenated alkanes) is 7. The lowest BCUT2D eigenvalue weighted by molar-refractivity contribution is 0.586. The molecule has 0 atom stereocenters. The van der Waals surface area contributed by atoms with E-state index in [1.54, 1.807) is 0 Å². The van der Waals surface area contributed by atoms with Gasteiger partial charge in [0.15, 0.2) is 0 Å². The summed E-state index contributed by atoms with van der Waals surface area (Å²) < 4.78 is 0. The van der Waals surface area contributed by atoms with Gasteiger partial charge in [-0.3, -0.25) is 0 Å². The summed E-state index contributed by atoms with van der Waals surface area (Å²) in [4.78, 5) is 1.12. The Balaban J connectivity index is 2.03. The summed E-state index contributed by atoms with van der Waals surface area (Å²) in [5, 5.41) is 0.771. The fourth-order valence-corrected chi connectivity index (χ4v) is 3.30. The van der Waals surface area contributed by atoms with E-state index in [9.17, 15) is 0 Å². The first-order valence-electron chi connectivity index (χ1n) is 7.42. The van der Waals surface area contributed by atoms with Gasteiger partial charge in [-0.15, -0.1) is 11.8 Å². The molecule has 0 aliphatic carbocycles. The van der Waals surface area contributed by atoms with Crippen LogP contribution >= 0.6 is 23.4 Å². The van der Waals surface area contributed by atoms with Crippen molar-refractivity contribution in [2.75, 3.05) is 11.5 Å². The SMILES string of the molecule is CCCCCCCCCCSc1cc(Cl)ccc1N. The molecular formula is C16H26ClNS. The van der Waals surface area contributed by atoms with Gasteiger partial charge in [-0.25, -0.2) is 0 Å². The van der Waals surface area contributed by atoms with Crippen molar-refractivity contribution in [3.8, 4) is 0 Å². The largest absolute Gasteiger partial charge is 0.398 e. The van der Waals surface area contributed by atoms with Gasteiger partial charge in [0.25, 0.3) is 0 Å².